The predicted molar refractivity (Wildman–Crippen MR) is 65.2 cm³/mol. The molecule has 1 heterocycles. The molecule has 0 radical (unpaired) electrons. The minimum Gasteiger partial charge on any atom is -0.368 e. The summed E-state index contributed by atoms with van der Waals surface area (Å²) in [6.45, 7) is 0. The van der Waals surface area contributed by atoms with Gasteiger partial charge >= 0.3 is 0 Å². The van der Waals surface area contributed by atoms with Gasteiger partial charge in [0.05, 0.1) is 11.1 Å². The number of benzene rings is 1. The molecule has 1 aliphatic heterocycles. The summed E-state index contributed by atoms with van der Waals surface area (Å²) in [5.74, 6) is -1.89. The first-order valence-electron chi connectivity index (χ1n) is 5.77. The first-order valence-corrected chi connectivity index (χ1v) is 5.77. The highest BCUT2D eigenvalue weighted by molar-refractivity contribution is 6.22. The van der Waals surface area contributed by atoms with Gasteiger partial charge in [-0.25, -0.2) is 0 Å². The van der Waals surface area contributed by atoms with E-state index in [9.17, 15) is 19.2 Å². The van der Waals surface area contributed by atoms with Gasteiger partial charge in [0.25, 0.3) is 11.8 Å². The van der Waals surface area contributed by atoms with E-state index in [1.807, 2.05) is 0 Å². The van der Waals surface area contributed by atoms with E-state index in [1.54, 1.807) is 12.1 Å². The smallest absolute Gasteiger partial charge is 0.262 e. The van der Waals surface area contributed by atoms with Gasteiger partial charge in [0.15, 0.2) is 0 Å². The maximum Gasteiger partial charge on any atom is 0.262 e. The summed E-state index contributed by atoms with van der Waals surface area (Å²) in [6.07, 6.45) is 0.722. The van der Waals surface area contributed by atoms with Crippen molar-refractivity contribution in [2.75, 3.05) is 0 Å². The highest BCUT2D eigenvalue weighted by Gasteiger charge is 2.41. The van der Waals surface area contributed by atoms with Crippen molar-refractivity contribution in [3.8, 4) is 0 Å². The average Bonchev–Trinajstić information content (AvgIpc) is 2.64. The molecule has 1 aromatic rings. The van der Waals surface area contributed by atoms with Crippen LogP contribution in [0, 0.1) is 0 Å². The van der Waals surface area contributed by atoms with E-state index in [4.69, 9.17) is 5.73 Å². The van der Waals surface area contributed by atoms with E-state index in [-0.39, 0.29) is 24.0 Å². The van der Waals surface area contributed by atoms with Crippen LogP contribution in [0.4, 0.5) is 0 Å². The van der Waals surface area contributed by atoms with Crippen molar-refractivity contribution in [3.05, 3.63) is 35.4 Å². The lowest BCUT2D eigenvalue weighted by molar-refractivity contribution is -0.122. The Morgan fingerprint density at radius 2 is 1.74 bits per heavy atom. The fourth-order valence-electron chi connectivity index (χ4n) is 2.12. The molecule has 1 unspecified atom stereocenters. The molecule has 0 bridgehead atoms. The first kappa shape index (κ1) is 12.9. The number of hydrogen-bond acceptors (Lipinski definition) is 4. The van der Waals surface area contributed by atoms with Crippen LogP contribution in [-0.4, -0.2) is 34.9 Å². The molecule has 0 fully saturated rings. The number of carbonyl (C=O) groups is 4. The average molecular weight is 260 g/mol. The molecule has 6 nitrogen and oxygen atoms in total. The van der Waals surface area contributed by atoms with Crippen LogP contribution in [0.1, 0.15) is 33.6 Å². The molecule has 1 aliphatic rings. The lowest BCUT2D eigenvalue weighted by Gasteiger charge is -2.22. The van der Waals surface area contributed by atoms with Gasteiger partial charge in [0, 0.05) is 6.42 Å². The van der Waals surface area contributed by atoms with Gasteiger partial charge in [0.2, 0.25) is 5.91 Å². The molecule has 1 aromatic carbocycles. The molecule has 0 aromatic heterocycles. The fraction of sp³-hybridized carbons (Fsp3) is 0.231. The van der Waals surface area contributed by atoms with Crippen molar-refractivity contribution in [1.82, 2.24) is 4.90 Å². The summed E-state index contributed by atoms with van der Waals surface area (Å²) in [6, 6.07) is 5.23. The number of nitrogens with two attached hydrogens (primary N) is 1. The number of primary amides is 1. The molecule has 0 spiro atoms. The maximum absolute atomic E-state index is 12.1. The number of amides is 3. The van der Waals surface area contributed by atoms with Gasteiger partial charge in [-0.2, -0.15) is 0 Å². The quantitative estimate of drug-likeness (QED) is 0.600. The third-order valence-electron chi connectivity index (χ3n) is 3.02. The zero-order chi connectivity index (χ0) is 14.0. The molecular weight excluding hydrogens is 248 g/mol. The van der Waals surface area contributed by atoms with Crippen LogP contribution < -0.4 is 5.73 Å². The Labute approximate surface area is 109 Å². The van der Waals surface area contributed by atoms with Gasteiger partial charge in [-0.1, -0.05) is 12.1 Å². The molecule has 6 heteroatoms. The van der Waals surface area contributed by atoms with E-state index in [1.165, 1.54) is 12.1 Å². The number of fused-ring (bicyclic) bond motifs is 1. The second-order valence-electron chi connectivity index (χ2n) is 4.19. The topological polar surface area (TPSA) is 97.5 Å². The lowest BCUT2D eigenvalue weighted by atomic mass is 10.1. The monoisotopic (exact) mass is 260 g/mol. The van der Waals surface area contributed by atoms with Crippen molar-refractivity contribution in [1.29, 1.82) is 0 Å². The highest BCUT2D eigenvalue weighted by atomic mass is 16.2. The van der Waals surface area contributed by atoms with Crippen molar-refractivity contribution in [2.24, 2.45) is 5.73 Å². The van der Waals surface area contributed by atoms with Gasteiger partial charge in [-0.15, -0.1) is 0 Å². The maximum atomic E-state index is 12.1. The standard InChI is InChI=1S/C13H12N2O4/c14-11(17)10(6-3-7-16)15-12(18)8-4-1-2-5-9(8)13(15)19/h1-2,4-5,7,10H,3,6H2,(H2,14,17). The first-order chi connectivity index (χ1) is 9.07. The number of imide groups is 1. The van der Waals surface area contributed by atoms with Crippen molar-refractivity contribution in [2.45, 2.75) is 18.9 Å². The van der Waals surface area contributed by atoms with Crippen LogP contribution >= 0.6 is 0 Å². The Bertz CT molecular complexity index is 533. The molecule has 0 saturated carbocycles. The summed E-state index contributed by atoms with van der Waals surface area (Å²) in [7, 11) is 0. The lowest BCUT2D eigenvalue weighted by Crippen LogP contribution is -2.47. The molecule has 1 atom stereocenters. The van der Waals surface area contributed by atoms with Crippen LogP contribution in [0.3, 0.4) is 0 Å². The zero-order valence-corrected chi connectivity index (χ0v) is 10.0. The van der Waals surface area contributed by atoms with E-state index < -0.39 is 23.8 Å². The largest absolute Gasteiger partial charge is 0.368 e. The van der Waals surface area contributed by atoms with E-state index in [2.05, 4.69) is 0 Å². The van der Waals surface area contributed by atoms with E-state index >= 15 is 0 Å². The van der Waals surface area contributed by atoms with Crippen LogP contribution in [0.2, 0.25) is 0 Å². The number of rotatable bonds is 5. The molecule has 0 saturated heterocycles. The molecule has 0 aliphatic carbocycles. The van der Waals surface area contributed by atoms with Crippen LogP contribution in [0.25, 0.3) is 0 Å². The van der Waals surface area contributed by atoms with Gasteiger partial charge < -0.3 is 10.5 Å². The molecule has 2 N–H and O–H groups in total. The molecular formula is C13H12N2O4. The third-order valence-corrected chi connectivity index (χ3v) is 3.02. The number of carbonyl (C=O) groups excluding carboxylic acids is 4. The zero-order valence-electron chi connectivity index (χ0n) is 10.0. The van der Waals surface area contributed by atoms with Crippen LogP contribution in [0.15, 0.2) is 24.3 Å². The van der Waals surface area contributed by atoms with Gasteiger partial charge in [0.1, 0.15) is 12.3 Å². The Morgan fingerprint density at radius 3 is 2.16 bits per heavy atom. The van der Waals surface area contributed by atoms with Gasteiger partial charge in [-0.05, 0) is 18.6 Å². The Balaban J connectivity index is 2.36. The minimum atomic E-state index is -1.09. The molecule has 2 rings (SSSR count). The fourth-order valence-corrected chi connectivity index (χ4v) is 2.12. The summed E-state index contributed by atoms with van der Waals surface area (Å²) in [4.78, 5) is 46.9. The molecule has 3 amide bonds. The summed E-state index contributed by atoms with van der Waals surface area (Å²) < 4.78 is 0. The molecule has 19 heavy (non-hydrogen) atoms. The van der Waals surface area contributed by atoms with Crippen molar-refractivity contribution < 1.29 is 19.2 Å². The summed E-state index contributed by atoms with van der Waals surface area (Å²) >= 11 is 0. The Hall–Kier alpha value is -2.50. The summed E-state index contributed by atoms with van der Waals surface area (Å²) in [5, 5.41) is 0. The number of aldehydes is 1. The predicted octanol–water partition coefficient (Wildman–Crippen LogP) is 0.116. The normalized spacial score (nSPS) is 15.3. The summed E-state index contributed by atoms with van der Waals surface area (Å²) in [5.41, 5.74) is 5.72. The number of hydrogen-bond donors (Lipinski definition) is 1. The van der Waals surface area contributed by atoms with Crippen molar-refractivity contribution in [3.63, 3.8) is 0 Å². The number of nitrogens with zero attached hydrogens (tertiary/aromatic N) is 1. The Kier molecular flexibility index (Phi) is 3.41. The van der Waals surface area contributed by atoms with E-state index in [0.29, 0.717) is 6.29 Å². The van der Waals surface area contributed by atoms with Crippen LogP contribution in [0.5, 0.6) is 0 Å². The second kappa shape index (κ2) is 5.01. The van der Waals surface area contributed by atoms with Crippen molar-refractivity contribution >= 4 is 24.0 Å². The highest BCUT2D eigenvalue weighted by Crippen LogP contribution is 2.25. The molecule has 98 valence electrons. The van der Waals surface area contributed by atoms with Crippen LogP contribution in [-0.2, 0) is 9.59 Å². The van der Waals surface area contributed by atoms with E-state index in [0.717, 1.165) is 4.90 Å². The third kappa shape index (κ3) is 2.12. The Morgan fingerprint density at radius 1 is 1.21 bits per heavy atom. The SMILES string of the molecule is NC(=O)C(CCC=O)N1C(=O)c2ccccc2C1=O. The van der Waals surface area contributed by atoms with Gasteiger partial charge in [-0.3, -0.25) is 19.3 Å². The second-order valence-corrected chi connectivity index (χ2v) is 4.19. The minimum absolute atomic E-state index is 0.0459.